The monoisotopic (exact) mass is 430 g/mol. The molecule has 8 heteroatoms. The zero-order valence-electron chi connectivity index (χ0n) is 18.3. The highest BCUT2D eigenvalue weighted by atomic mass is 16.3. The standard InChI is InChI=1S/C24H26N6O2/c1-17-4-5-18(21-15-26-16-32-21)12-20(17)13-22(25-2)28-24(31)19-6-7-27-23(14-19)30-10-8-29(3)9-11-30/h4-7,12-16H,2,8-11H2,1,3H3,(H,28,31)/b22-13+. The van der Waals surface area contributed by atoms with E-state index in [2.05, 4.69) is 43.8 Å². The average Bonchev–Trinajstić information content (AvgIpc) is 3.35. The van der Waals surface area contributed by atoms with Crippen LogP contribution in [-0.2, 0) is 0 Å². The predicted octanol–water partition coefficient (Wildman–Crippen LogP) is 3.23. The van der Waals surface area contributed by atoms with E-state index in [-0.39, 0.29) is 5.91 Å². The lowest BCUT2D eigenvalue weighted by molar-refractivity contribution is 0.0966. The predicted molar refractivity (Wildman–Crippen MR) is 126 cm³/mol. The molecule has 0 aliphatic carbocycles. The Hall–Kier alpha value is -3.78. The number of likely N-dealkylation sites (N-methyl/N-ethyl adjacent to an activating group) is 1. The van der Waals surface area contributed by atoms with E-state index < -0.39 is 0 Å². The molecule has 1 N–H and O–H groups in total. The SMILES string of the molecule is C=N/C(=C\c1cc(-c2cnco2)ccc1C)NC(=O)c1ccnc(N2CCN(C)CC2)c1. The summed E-state index contributed by atoms with van der Waals surface area (Å²) in [7, 11) is 2.10. The van der Waals surface area contributed by atoms with Crippen molar-refractivity contribution in [1.82, 2.24) is 20.2 Å². The number of piperazine rings is 1. The molecule has 32 heavy (non-hydrogen) atoms. The summed E-state index contributed by atoms with van der Waals surface area (Å²) in [6.45, 7) is 9.31. The van der Waals surface area contributed by atoms with Crippen LogP contribution in [0.4, 0.5) is 5.82 Å². The fourth-order valence-corrected chi connectivity index (χ4v) is 3.53. The minimum Gasteiger partial charge on any atom is -0.444 e. The molecule has 1 aliphatic heterocycles. The molecule has 3 heterocycles. The van der Waals surface area contributed by atoms with Gasteiger partial charge in [-0.25, -0.2) is 15.0 Å². The van der Waals surface area contributed by atoms with Gasteiger partial charge in [0.25, 0.3) is 5.91 Å². The molecule has 0 radical (unpaired) electrons. The fourth-order valence-electron chi connectivity index (χ4n) is 3.53. The Morgan fingerprint density at radius 2 is 2.03 bits per heavy atom. The van der Waals surface area contributed by atoms with Crippen LogP contribution in [0.25, 0.3) is 17.4 Å². The molecule has 0 bridgehead atoms. The van der Waals surface area contributed by atoms with Crippen LogP contribution in [0.2, 0.25) is 0 Å². The third-order valence-electron chi connectivity index (χ3n) is 5.54. The van der Waals surface area contributed by atoms with Crippen molar-refractivity contribution in [3.63, 3.8) is 0 Å². The van der Waals surface area contributed by atoms with Crippen molar-refractivity contribution in [2.24, 2.45) is 4.99 Å². The zero-order chi connectivity index (χ0) is 22.5. The number of nitrogens with one attached hydrogen (secondary N) is 1. The third-order valence-corrected chi connectivity index (χ3v) is 5.54. The normalized spacial score (nSPS) is 14.9. The van der Waals surface area contributed by atoms with Crippen LogP contribution >= 0.6 is 0 Å². The van der Waals surface area contributed by atoms with E-state index in [0.29, 0.717) is 17.1 Å². The van der Waals surface area contributed by atoms with Gasteiger partial charge in [-0.05, 0) is 56.1 Å². The molecule has 0 unspecified atom stereocenters. The van der Waals surface area contributed by atoms with Crippen molar-refractivity contribution in [3.8, 4) is 11.3 Å². The highest BCUT2D eigenvalue weighted by Crippen LogP contribution is 2.23. The molecular formula is C24H26N6O2. The zero-order valence-corrected chi connectivity index (χ0v) is 18.3. The number of amides is 1. The Labute approximate surface area is 187 Å². The number of benzene rings is 1. The number of oxazole rings is 1. The quantitative estimate of drug-likeness (QED) is 0.604. The van der Waals surface area contributed by atoms with Gasteiger partial charge in [0.05, 0.1) is 6.20 Å². The number of rotatable bonds is 6. The molecule has 4 rings (SSSR count). The maximum atomic E-state index is 12.9. The minimum absolute atomic E-state index is 0.259. The van der Waals surface area contributed by atoms with E-state index in [0.717, 1.165) is 48.7 Å². The van der Waals surface area contributed by atoms with Gasteiger partial charge in [0.15, 0.2) is 12.2 Å². The Bertz CT molecular complexity index is 1130. The van der Waals surface area contributed by atoms with Gasteiger partial charge in [-0.1, -0.05) is 12.1 Å². The van der Waals surface area contributed by atoms with E-state index in [1.807, 2.05) is 31.2 Å². The lowest BCUT2D eigenvalue weighted by Gasteiger charge is -2.33. The van der Waals surface area contributed by atoms with Gasteiger partial charge in [0, 0.05) is 43.5 Å². The number of anilines is 1. The maximum Gasteiger partial charge on any atom is 0.257 e. The smallest absolute Gasteiger partial charge is 0.257 e. The molecule has 0 spiro atoms. The van der Waals surface area contributed by atoms with Crippen molar-refractivity contribution in [1.29, 1.82) is 0 Å². The van der Waals surface area contributed by atoms with Crippen LogP contribution < -0.4 is 10.2 Å². The van der Waals surface area contributed by atoms with Gasteiger partial charge < -0.3 is 19.5 Å². The van der Waals surface area contributed by atoms with Crippen LogP contribution in [-0.4, -0.2) is 60.7 Å². The van der Waals surface area contributed by atoms with Gasteiger partial charge in [0.2, 0.25) is 0 Å². The van der Waals surface area contributed by atoms with Gasteiger partial charge >= 0.3 is 0 Å². The molecule has 2 aromatic heterocycles. The Kier molecular flexibility index (Phi) is 6.42. The van der Waals surface area contributed by atoms with Crippen molar-refractivity contribution < 1.29 is 9.21 Å². The average molecular weight is 431 g/mol. The molecular weight excluding hydrogens is 404 g/mol. The van der Waals surface area contributed by atoms with Gasteiger partial charge in [-0.15, -0.1) is 0 Å². The second-order valence-electron chi connectivity index (χ2n) is 7.77. The molecule has 0 atom stereocenters. The first-order valence-corrected chi connectivity index (χ1v) is 10.4. The summed E-state index contributed by atoms with van der Waals surface area (Å²) in [6, 6.07) is 9.43. The van der Waals surface area contributed by atoms with Crippen molar-refractivity contribution in [2.75, 3.05) is 38.1 Å². The summed E-state index contributed by atoms with van der Waals surface area (Å²) < 4.78 is 5.39. The summed E-state index contributed by atoms with van der Waals surface area (Å²) in [4.78, 5) is 29.8. The topological polar surface area (TPSA) is 86.9 Å². The fraction of sp³-hybridized carbons (Fsp3) is 0.250. The van der Waals surface area contributed by atoms with Crippen LogP contribution in [0.15, 0.2) is 64.3 Å². The van der Waals surface area contributed by atoms with Crippen LogP contribution in [0.5, 0.6) is 0 Å². The summed E-state index contributed by atoms with van der Waals surface area (Å²) in [5.74, 6) is 1.58. The Morgan fingerprint density at radius 1 is 1.22 bits per heavy atom. The number of aryl methyl sites for hydroxylation is 1. The molecule has 8 nitrogen and oxygen atoms in total. The number of nitrogens with zero attached hydrogens (tertiary/aromatic N) is 5. The molecule has 1 fully saturated rings. The van der Waals surface area contributed by atoms with E-state index in [1.165, 1.54) is 6.39 Å². The lowest BCUT2D eigenvalue weighted by Crippen LogP contribution is -2.44. The molecule has 1 saturated heterocycles. The molecule has 0 saturated carbocycles. The highest BCUT2D eigenvalue weighted by Gasteiger charge is 2.17. The second kappa shape index (κ2) is 9.57. The van der Waals surface area contributed by atoms with E-state index in [1.54, 1.807) is 24.5 Å². The highest BCUT2D eigenvalue weighted by molar-refractivity contribution is 5.96. The summed E-state index contributed by atoms with van der Waals surface area (Å²) in [6.07, 6.45) is 6.52. The minimum atomic E-state index is -0.259. The molecule has 164 valence electrons. The summed E-state index contributed by atoms with van der Waals surface area (Å²) >= 11 is 0. The number of carbonyl (C=O) groups is 1. The summed E-state index contributed by atoms with van der Waals surface area (Å²) in [5.41, 5.74) is 3.34. The van der Waals surface area contributed by atoms with Crippen LogP contribution in [0, 0.1) is 6.92 Å². The van der Waals surface area contributed by atoms with Gasteiger partial charge in [0.1, 0.15) is 11.6 Å². The lowest BCUT2D eigenvalue weighted by atomic mass is 10.0. The number of carbonyl (C=O) groups excluding carboxylic acids is 1. The van der Waals surface area contributed by atoms with Crippen molar-refractivity contribution in [2.45, 2.75) is 6.92 Å². The Balaban J connectivity index is 1.52. The van der Waals surface area contributed by atoms with Gasteiger partial charge in [-0.2, -0.15) is 0 Å². The molecule has 3 aromatic rings. The third kappa shape index (κ3) is 4.92. The molecule has 1 aromatic carbocycles. The number of aliphatic imine (C=N–C) groups is 1. The van der Waals surface area contributed by atoms with E-state index >= 15 is 0 Å². The number of aromatic nitrogens is 2. The molecule has 1 aliphatic rings. The van der Waals surface area contributed by atoms with Crippen molar-refractivity contribution in [3.05, 3.63) is 71.6 Å². The number of hydrogen-bond acceptors (Lipinski definition) is 7. The van der Waals surface area contributed by atoms with Crippen molar-refractivity contribution >= 4 is 24.5 Å². The first-order valence-electron chi connectivity index (χ1n) is 10.4. The largest absolute Gasteiger partial charge is 0.444 e. The van der Waals surface area contributed by atoms with Crippen LogP contribution in [0.1, 0.15) is 21.5 Å². The molecule has 1 amide bonds. The van der Waals surface area contributed by atoms with E-state index in [9.17, 15) is 4.79 Å². The van der Waals surface area contributed by atoms with Gasteiger partial charge in [-0.3, -0.25) is 4.79 Å². The first-order chi connectivity index (χ1) is 15.5. The number of hydrogen-bond donors (Lipinski definition) is 1. The second-order valence-corrected chi connectivity index (χ2v) is 7.77. The summed E-state index contributed by atoms with van der Waals surface area (Å²) in [5, 5.41) is 2.85. The van der Waals surface area contributed by atoms with Crippen LogP contribution in [0.3, 0.4) is 0 Å². The first kappa shape index (κ1) is 21.5. The maximum absolute atomic E-state index is 12.9. The number of pyridine rings is 1. The van der Waals surface area contributed by atoms with E-state index in [4.69, 9.17) is 4.42 Å². The Morgan fingerprint density at radius 3 is 2.75 bits per heavy atom.